The van der Waals surface area contributed by atoms with Crippen LogP contribution >= 0.6 is 11.8 Å². The molecule has 138 valence electrons. The lowest BCUT2D eigenvalue weighted by molar-refractivity contribution is -0.118. The topological polar surface area (TPSA) is 58.2 Å². The minimum absolute atomic E-state index is 0.138. The molecule has 4 nitrogen and oxygen atoms in total. The van der Waals surface area contributed by atoms with Crippen molar-refractivity contribution in [2.45, 2.75) is 13.3 Å². The number of nitrogens with one attached hydrogen (secondary N) is 2. The lowest BCUT2D eigenvalue weighted by Crippen LogP contribution is -2.28. The van der Waals surface area contributed by atoms with Gasteiger partial charge in [0.25, 0.3) is 0 Å². The smallest absolute Gasteiger partial charge is 0.234 e. The number of halogens is 2. The van der Waals surface area contributed by atoms with Gasteiger partial charge >= 0.3 is 0 Å². The molecule has 0 aliphatic carbocycles. The molecule has 0 fully saturated rings. The fraction of sp³-hybridized carbons (Fsp3) is 0.263. The third-order valence-corrected chi connectivity index (χ3v) is 4.36. The zero-order valence-corrected chi connectivity index (χ0v) is 15.2. The standard InChI is InChI=1S/C19H20F2N2O2S/c1-13-3-2-4-17(7-13)23-19(25)12-26-11-18(24)22-6-5-14-8-15(20)10-16(21)9-14/h2-4,7-10H,5-6,11-12H2,1H3,(H,22,24)(H,23,25). The van der Waals surface area contributed by atoms with Crippen molar-refractivity contribution >= 4 is 29.3 Å². The summed E-state index contributed by atoms with van der Waals surface area (Å²) >= 11 is 1.20. The summed E-state index contributed by atoms with van der Waals surface area (Å²) < 4.78 is 26.1. The Balaban J connectivity index is 1.63. The number of benzene rings is 2. The van der Waals surface area contributed by atoms with E-state index >= 15 is 0 Å². The van der Waals surface area contributed by atoms with Gasteiger partial charge in [-0.15, -0.1) is 11.8 Å². The Hall–Kier alpha value is -2.41. The van der Waals surface area contributed by atoms with E-state index in [0.29, 0.717) is 12.0 Å². The zero-order chi connectivity index (χ0) is 18.9. The van der Waals surface area contributed by atoms with Crippen molar-refractivity contribution in [1.29, 1.82) is 0 Å². The minimum Gasteiger partial charge on any atom is -0.355 e. The molecule has 0 atom stereocenters. The Labute approximate surface area is 155 Å². The van der Waals surface area contributed by atoms with Crippen LogP contribution in [0.15, 0.2) is 42.5 Å². The molecule has 0 heterocycles. The number of hydrogen-bond donors (Lipinski definition) is 2. The van der Waals surface area contributed by atoms with Crippen molar-refractivity contribution in [3.05, 3.63) is 65.2 Å². The molecular weight excluding hydrogens is 358 g/mol. The van der Waals surface area contributed by atoms with Crippen LogP contribution in [0.5, 0.6) is 0 Å². The third kappa shape index (κ3) is 7.23. The van der Waals surface area contributed by atoms with Gasteiger partial charge in [-0.3, -0.25) is 9.59 Å². The van der Waals surface area contributed by atoms with Crippen LogP contribution in [0.4, 0.5) is 14.5 Å². The monoisotopic (exact) mass is 378 g/mol. The number of hydrogen-bond acceptors (Lipinski definition) is 3. The van der Waals surface area contributed by atoms with E-state index in [1.807, 2.05) is 25.1 Å². The highest BCUT2D eigenvalue weighted by molar-refractivity contribution is 8.00. The van der Waals surface area contributed by atoms with Gasteiger partial charge in [-0.2, -0.15) is 0 Å². The summed E-state index contributed by atoms with van der Waals surface area (Å²) in [5.41, 5.74) is 2.25. The van der Waals surface area contributed by atoms with E-state index in [1.54, 1.807) is 6.07 Å². The molecule has 2 rings (SSSR count). The van der Waals surface area contributed by atoms with Crippen molar-refractivity contribution in [3.63, 3.8) is 0 Å². The highest BCUT2D eigenvalue weighted by atomic mass is 32.2. The predicted molar refractivity (Wildman–Crippen MR) is 100 cm³/mol. The van der Waals surface area contributed by atoms with Gasteiger partial charge in [0.1, 0.15) is 11.6 Å². The molecule has 7 heteroatoms. The Kier molecular flexibility index (Phi) is 7.59. The molecule has 0 aliphatic rings. The molecule has 26 heavy (non-hydrogen) atoms. The summed E-state index contributed by atoms with van der Waals surface area (Å²) in [6, 6.07) is 10.7. The zero-order valence-electron chi connectivity index (χ0n) is 14.4. The maximum atomic E-state index is 13.1. The van der Waals surface area contributed by atoms with Crippen molar-refractivity contribution in [1.82, 2.24) is 5.32 Å². The first-order valence-corrected chi connectivity index (χ1v) is 9.24. The molecule has 2 aromatic carbocycles. The van der Waals surface area contributed by atoms with E-state index in [1.165, 1.54) is 23.9 Å². The van der Waals surface area contributed by atoms with Gasteiger partial charge in [-0.05, 0) is 48.7 Å². The van der Waals surface area contributed by atoms with Crippen LogP contribution in [-0.4, -0.2) is 29.9 Å². The molecule has 0 saturated heterocycles. The largest absolute Gasteiger partial charge is 0.355 e. The average molecular weight is 378 g/mol. The molecule has 0 bridgehead atoms. The Morgan fingerprint density at radius 2 is 1.69 bits per heavy atom. The first kappa shape index (κ1) is 19.9. The normalized spacial score (nSPS) is 10.4. The van der Waals surface area contributed by atoms with Gasteiger partial charge in [0.15, 0.2) is 0 Å². The first-order chi connectivity index (χ1) is 12.4. The maximum absolute atomic E-state index is 13.1. The first-order valence-electron chi connectivity index (χ1n) is 8.08. The number of carbonyl (C=O) groups is 2. The number of thioether (sulfide) groups is 1. The SMILES string of the molecule is Cc1cccc(NC(=O)CSCC(=O)NCCc2cc(F)cc(F)c2)c1. The molecule has 2 aromatic rings. The molecule has 0 saturated carbocycles. The average Bonchev–Trinajstić information content (AvgIpc) is 2.54. The molecule has 0 spiro atoms. The summed E-state index contributed by atoms with van der Waals surface area (Å²) in [7, 11) is 0. The highest BCUT2D eigenvalue weighted by Gasteiger charge is 2.07. The second-order valence-corrected chi connectivity index (χ2v) is 6.77. The van der Waals surface area contributed by atoms with Gasteiger partial charge in [0.2, 0.25) is 11.8 Å². The van der Waals surface area contributed by atoms with E-state index in [-0.39, 0.29) is 29.9 Å². The molecule has 2 N–H and O–H groups in total. The molecule has 0 aromatic heterocycles. The van der Waals surface area contributed by atoms with E-state index in [9.17, 15) is 18.4 Å². The van der Waals surface area contributed by atoms with Gasteiger partial charge in [0.05, 0.1) is 11.5 Å². The second kappa shape index (κ2) is 9.91. The Bertz CT molecular complexity index is 764. The summed E-state index contributed by atoms with van der Waals surface area (Å²) in [4.78, 5) is 23.6. The summed E-state index contributed by atoms with van der Waals surface area (Å²) in [5.74, 6) is -1.38. The second-order valence-electron chi connectivity index (χ2n) is 5.79. The molecule has 2 amide bonds. The maximum Gasteiger partial charge on any atom is 0.234 e. The Morgan fingerprint density at radius 1 is 1.00 bits per heavy atom. The third-order valence-electron chi connectivity index (χ3n) is 3.43. The number of carbonyl (C=O) groups excluding carboxylic acids is 2. The van der Waals surface area contributed by atoms with Gasteiger partial charge in [-0.1, -0.05) is 12.1 Å². The number of anilines is 1. The van der Waals surface area contributed by atoms with Crippen LogP contribution in [0.25, 0.3) is 0 Å². The Morgan fingerprint density at radius 3 is 2.38 bits per heavy atom. The lowest BCUT2D eigenvalue weighted by Gasteiger charge is -2.07. The summed E-state index contributed by atoms with van der Waals surface area (Å²) in [5, 5.41) is 5.43. The van der Waals surface area contributed by atoms with Crippen LogP contribution in [-0.2, 0) is 16.0 Å². The lowest BCUT2D eigenvalue weighted by atomic mass is 10.1. The number of aryl methyl sites for hydroxylation is 1. The van der Waals surface area contributed by atoms with Crippen molar-refractivity contribution in [3.8, 4) is 0 Å². The summed E-state index contributed by atoms with van der Waals surface area (Å²) in [6.07, 6.45) is 0.332. The van der Waals surface area contributed by atoms with Gasteiger partial charge in [0, 0.05) is 18.3 Å². The van der Waals surface area contributed by atoms with Crippen molar-refractivity contribution < 1.29 is 18.4 Å². The van der Waals surface area contributed by atoms with Crippen LogP contribution in [0, 0.1) is 18.6 Å². The predicted octanol–water partition coefficient (Wildman–Crippen LogP) is 3.30. The molecule has 0 radical (unpaired) electrons. The number of rotatable bonds is 8. The number of amides is 2. The van der Waals surface area contributed by atoms with E-state index in [0.717, 1.165) is 17.3 Å². The fourth-order valence-corrected chi connectivity index (χ4v) is 2.96. The van der Waals surface area contributed by atoms with E-state index in [2.05, 4.69) is 10.6 Å². The van der Waals surface area contributed by atoms with Crippen LogP contribution < -0.4 is 10.6 Å². The van der Waals surface area contributed by atoms with E-state index < -0.39 is 11.6 Å². The molecular formula is C19H20F2N2O2S. The van der Waals surface area contributed by atoms with Crippen molar-refractivity contribution in [2.75, 3.05) is 23.4 Å². The highest BCUT2D eigenvalue weighted by Crippen LogP contribution is 2.11. The molecule has 0 aliphatic heterocycles. The van der Waals surface area contributed by atoms with E-state index in [4.69, 9.17) is 0 Å². The van der Waals surface area contributed by atoms with Crippen molar-refractivity contribution in [2.24, 2.45) is 0 Å². The minimum atomic E-state index is -0.637. The van der Waals surface area contributed by atoms with Crippen LogP contribution in [0.2, 0.25) is 0 Å². The van der Waals surface area contributed by atoms with Crippen LogP contribution in [0.3, 0.4) is 0 Å². The fourth-order valence-electron chi connectivity index (χ4n) is 2.31. The van der Waals surface area contributed by atoms with Gasteiger partial charge in [-0.25, -0.2) is 8.78 Å². The van der Waals surface area contributed by atoms with Gasteiger partial charge < -0.3 is 10.6 Å². The van der Waals surface area contributed by atoms with Crippen LogP contribution in [0.1, 0.15) is 11.1 Å². The quantitative estimate of drug-likeness (QED) is 0.741. The molecule has 0 unspecified atom stereocenters. The summed E-state index contributed by atoms with van der Waals surface area (Å²) in [6.45, 7) is 2.21.